The standard InChI is InChI=1S/C23H18N2O3/c1-24(18-10-6-3-7-11-18)21(26)17-12-13-19-20(14-17)23(28)25(22(19)27)15-16-8-4-2-5-9-16/h2-14H,15H2,1H3. The molecule has 1 aliphatic heterocycles. The molecule has 0 saturated heterocycles. The van der Waals surface area contributed by atoms with Crippen LogP contribution in [0.2, 0.25) is 0 Å². The zero-order chi connectivity index (χ0) is 19.7. The average molecular weight is 370 g/mol. The lowest BCUT2D eigenvalue weighted by atomic mass is 10.0. The monoisotopic (exact) mass is 370 g/mol. The molecule has 138 valence electrons. The maximum atomic E-state index is 12.8. The second-order valence-electron chi connectivity index (χ2n) is 6.64. The molecule has 5 heteroatoms. The molecule has 3 amide bonds. The van der Waals surface area contributed by atoms with Gasteiger partial charge in [0.05, 0.1) is 17.7 Å². The van der Waals surface area contributed by atoms with Crippen LogP contribution in [0.5, 0.6) is 0 Å². The minimum atomic E-state index is -0.374. The molecule has 0 aromatic heterocycles. The van der Waals surface area contributed by atoms with Crippen molar-refractivity contribution < 1.29 is 14.4 Å². The first-order valence-electron chi connectivity index (χ1n) is 8.93. The number of imide groups is 1. The molecule has 0 N–H and O–H groups in total. The molecule has 0 aliphatic carbocycles. The van der Waals surface area contributed by atoms with Crippen molar-refractivity contribution in [1.29, 1.82) is 0 Å². The number of rotatable bonds is 4. The zero-order valence-electron chi connectivity index (χ0n) is 15.3. The molecular formula is C23H18N2O3. The van der Waals surface area contributed by atoms with Crippen molar-refractivity contribution in [2.24, 2.45) is 0 Å². The van der Waals surface area contributed by atoms with Crippen LogP contribution in [0.3, 0.4) is 0 Å². The molecule has 0 saturated carbocycles. The van der Waals surface area contributed by atoms with E-state index in [-0.39, 0.29) is 29.8 Å². The second kappa shape index (κ2) is 7.12. The maximum absolute atomic E-state index is 12.8. The van der Waals surface area contributed by atoms with Crippen molar-refractivity contribution in [1.82, 2.24) is 4.90 Å². The third-order valence-electron chi connectivity index (χ3n) is 4.85. The van der Waals surface area contributed by atoms with E-state index in [1.165, 1.54) is 15.9 Å². The van der Waals surface area contributed by atoms with Crippen molar-refractivity contribution >= 4 is 23.4 Å². The van der Waals surface area contributed by atoms with Gasteiger partial charge in [0.1, 0.15) is 0 Å². The first kappa shape index (κ1) is 17.7. The predicted octanol–water partition coefficient (Wildman–Crippen LogP) is 3.76. The molecule has 0 bridgehead atoms. The van der Waals surface area contributed by atoms with E-state index in [1.807, 2.05) is 60.7 Å². The summed E-state index contributed by atoms with van der Waals surface area (Å²) in [6.07, 6.45) is 0. The van der Waals surface area contributed by atoms with Gasteiger partial charge >= 0.3 is 0 Å². The number of carbonyl (C=O) groups excluding carboxylic acids is 3. The van der Waals surface area contributed by atoms with Crippen molar-refractivity contribution in [3.05, 3.63) is 101 Å². The Morgan fingerprint density at radius 3 is 2.11 bits per heavy atom. The number of carbonyl (C=O) groups is 3. The van der Waals surface area contributed by atoms with E-state index in [9.17, 15) is 14.4 Å². The van der Waals surface area contributed by atoms with Crippen molar-refractivity contribution in [2.75, 3.05) is 11.9 Å². The normalized spacial score (nSPS) is 12.8. The van der Waals surface area contributed by atoms with Gasteiger partial charge in [-0.05, 0) is 35.9 Å². The minimum Gasteiger partial charge on any atom is -0.311 e. The van der Waals surface area contributed by atoms with Crippen LogP contribution in [0.25, 0.3) is 0 Å². The summed E-state index contributed by atoms with van der Waals surface area (Å²) >= 11 is 0. The first-order valence-corrected chi connectivity index (χ1v) is 8.93. The fourth-order valence-electron chi connectivity index (χ4n) is 3.30. The third kappa shape index (κ3) is 3.07. The number of hydrogen-bond acceptors (Lipinski definition) is 3. The van der Waals surface area contributed by atoms with Crippen molar-refractivity contribution in [3.8, 4) is 0 Å². The third-order valence-corrected chi connectivity index (χ3v) is 4.85. The highest BCUT2D eigenvalue weighted by Crippen LogP contribution is 2.26. The van der Waals surface area contributed by atoms with Crippen LogP contribution in [0.15, 0.2) is 78.9 Å². The maximum Gasteiger partial charge on any atom is 0.261 e. The Balaban J connectivity index is 1.61. The molecule has 1 heterocycles. The molecule has 0 fully saturated rings. The fourth-order valence-corrected chi connectivity index (χ4v) is 3.30. The number of amides is 3. The average Bonchev–Trinajstić information content (AvgIpc) is 2.98. The van der Waals surface area contributed by atoms with Gasteiger partial charge in [-0.2, -0.15) is 0 Å². The number of fused-ring (bicyclic) bond motifs is 1. The van der Waals surface area contributed by atoms with Crippen LogP contribution < -0.4 is 4.90 Å². The van der Waals surface area contributed by atoms with Gasteiger partial charge in [0.2, 0.25) is 0 Å². The first-order chi connectivity index (χ1) is 13.6. The van der Waals surface area contributed by atoms with Gasteiger partial charge in [-0.25, -0.2) is 0 Å². The number of para-hydroxylation sites is 1. The van der Waals surface area contributed by atoms with Crippen LogP contribution in [-0.4, -0.2) is 29.7 Å². The van der Waals surface area contributed by atoms with Gasteiger partial charge < -0.3 is 4.90 Å². The van der Waals surface area contributed by atoms with E-state index in [1.54, 1.807) is 19.2 Å². The molecule has 5 nitrogen and oxygen atoms in total. The number of anilines is 1. The molecule has 3 aromatic rings. The molecule has 3 aromatic carbocycles. The van der Waals surface area contributed by atoms with E-state index >= 15 is 0 Å². The number of hydrogen-bond donors (Lipinski definition) is 0. The summed E-state index contributed by atoms with van der Waals surface area (Å²) in [5.41, 5.74) is 2.60. The molecule has 1 aliphatic rings. The summed E-state index contributed by atoms with van der Waals surface area (Å²) in [5, 5.41) is 0. The Morgan fingerprint density at radius 1 is 0.821 bits per heavy atom. The minimum absolute atomic E-state index is 0.209. The van der Waals surface area contributed by atoms with Gasteiger partial charge in [-0.1, -0.05) is 48.5 Å². The lowest BCUT2D eigenvalue weighted by Crippen LogP contribution is -2.29. The molecule has 0 atom stereocenters. The van der Waals surface area contributed by atoms with Crippen molar-refractivity contribution in [3.63, 3.8) is 0 Å². The van der Waals surface area contributed by atoms with E-state index in [2.05, 4.69) is 0 Å². The van der Waals surface area contributed by atoms with Crippen LogP contribution in [0.4, 0.5) is 5.69 Å². The molecule has 0 radical (unpaired) electrons. The quantitative estimate of drug-likeness (QED) is 0.657. The second-order valence-corrected chi connectivity index (χ2v) is 6.64. The molecule has 0 spiro atoms. The van der Waals surface area contributed by atoms with Gasteiger partial charge in [-0.3, -0.25) is 19.3 Å². The van der Waals surface area contributed by atoms with Crippen LogP contribution in [0, 0.1) is 0 Å². The van der Waals surface area contributed by atoms with E-state index in [4.69, 9.17) is 0 Å². The Bertz CT molecular complexity index is 1060. The van der Waals surface area contributed by atoms with Gasteiger partial charge in [-0.15, -0.1) is 0 Å². The Kier molecular flexibility index (Phi) is 4.49. The number of nitrogens with zero attached hydrogens (tertiary/aromatic N) is 2. The highest BCUT2D eigenvalue weighted by Gasteiger charge is 2.36. The Labute approximate surface area is 162 Å². The summed E-state index contributed by atoms with van der Waals surface area (Å²) in [7, 11) is 1.68. The van der Waals surface area contributed by atoms with E-state index in [0.717, 1.165) is 11.3 Å². The van der Waals surface area contributed by atoms with Crippen molar-refractivity contribution in [2.45, 2.75) is 6.54 Å². The zero-order valence-corrected chi connectivity index (χ0v) is 15.3. The Morgan fingerprint density at radius 2 is 1.43 bits per heavy atom. The van der Waals surface area contributed by atoms with E-state index < -0.39 is 0 Å². The summed E-state index contributed by atoms with van der Waals surface area (Å²) in [4.78, 5) is 41.0. The summed E-state index contributed by atoms with van der Waals surface area (Å²) in [6.45, 7) is 0.209. The SMILES string of the molecule is CN(C(=O)c1ccc2c(c1)C(=O)N(Cc1ccccc1)C2=O)c1ccccc1. The van der Waals surface area contributed by atoms with Crippen LogP contribution >= 0.6 is 0 Å². The molecule has 4 rings (SSSR count). The van der Waals surface area contributed by atoms with Crippen LogP contribution in [0.1, 0.15) is 36.6 Å². The fraction of sp³-hybridized carbons (Fsp3) is 0.0870. The largest absolute Gasteiger partial charge is 0.311 e. The lowest BCUT2D eigenvalue weighted by molar-refractivity contribution is 0.0642. The summed E-state index contributed by atoms with van der Waals surface area (Å²) in [6, 6.07) is 23.3. The number of benzene rings is 3. The highest BCUT2D eigenvalue weighted by molar-refractivity contribution is 6.22. The van der Waals surface area contributed by atoms with Gasteiger partial charge in [0.25, 0.3) is 17.7 Å². The van der Waals surface area contributed by atoms with E-state index in [0.29, 0.717) is 11.1 Å². The topological polar surface area (TPSA) is 57.7 Å². The lowest BCUT2D eigenvalue weighted by Gasteiger charge is -2.17. The predicted molar refractivity (Wildman–Crippen MR) is 106 cm³/mol. The summed E-state index contributed by atoms with van der Waals surface area (Å²) in [5.74, 6) is -0.948. The summed E-state index contributed by atoms with van der Waals surface area (Å²) < 4.78 is 0. The Hall–Kier alpha value is -3.73. The van der Waals surface area contributed by atoms with Crippen LogP contribution in [-0.2, 0) is 6.54 Å². The van der Waals surface area contributed by atoms with Gasteiger partial charge in [0, 0.05) is 18.3 Å². The molecule has 0 unspecified atom stereocenters. The molecule has 28 heavy (non-hydrogen) atoms. The highest BCUT2D eigenvalue weighted by atomic mass is 16.2. The molecular weight excluding hydrogens is 352 g/mol. The smallest absolute Gasteiger partial charge is 0.261 e. The van der Waals surface area contributed by atoms with Gasteiger partial charge in [0.15, 0.2) is 0 Å².